The summed E-state index contributed by atoms with van der Waals surface area (Å²) in [7, 11) is 0. The van der Waals surface area contributed by atoms with Crippen molar-refractivity contribution in [3.05, 3.63) is 67.1 Å². The minimum absolute atomic E-state index is 0.451. The summed E-state index contributed by atoms with van der Waals surface area (Å²) in [6, 6.07) is 16.8. The number of pyridine rings is 1. The molecule has 1 N–H and O–H groups in total. The summed E-state index contributed by atoms with van der Waals surface area (Å²) in [6.07, 6.45) is 6.70. The molecule has 1 fully saturated rings. The summed E-state index contributed by atoms with van der Waals surface area (Å²) in [5.41, 5.74) is 2.22. The summed E-state index contributed by atoms with van der Waals surface area (Å²) >= 11 is 0. The van der Waals surface area contributed by atoms with Crippen LogP contribution in [0.1, 0.15) is 6.42 Å². The van der Waals surface area contributed by atoms with Gasteiger partial charge in [-0.2, -0.15) is 5.10 Å². The van der Waals surface area contributed by atoms with E-state index < -0.39 is 0 Å². The monoisotopic (exact) mass is 305 g/mol. The highest BCUT2D eigenvalue weighted by atomic mass is 15.3. The van der Waals surface area contributed by atoms with Crippen LogP contribution in [0.2, 0.25) is 0 Å². The highest BCUT2D eigenvalue weighted by molar-refractivity contribution is 5.49. The molecule has 116 valence electrons. The zero-order valence-corrected chi connectivity index (χ0v) is 12.8. The van der Waals surface area contributed by atoms with Crippen molar-refractivity contribution >= 4 is 11.5 Å². The Bertz CT molecular complexity index is 754. The van der Waals surface area contributed by atoms with E-state index >= 15 is 0 Å². The third kappa shape index (κ3) is 3.04. The van der Waals surface area contributed by atoms with E-state index in [1.54, 1.807) is 6.20 Å². The molecule has 1 aliphatic rings. The van der Waals surface area contributed by atoms with Gasteiger partial charge in [-0.1, -0.05) is 18.2 Å². The molecule has 23 heavy (non-hydrogen) atoms. The molecule has 0 amide bonds. The van der Waals surface area contributed by atoms with Gasteiger partial charge in [-0.25, -0.2) is 9.67 Å². The molecule has 0 saturated carbocycles. The highest BCUT2D eigenvalue weighted by Crippen LogP contribution is 2.22. The molecule has 0 aliphatic carbocycles. The number of nitrogens with zero attached hydrogens (tertiary/aromatic N) is 4. The molecular weight excluding hydrogens is 286 g/mol. The van der Waals surface area contributed by atoms with Gasteiger partial charge in [-0.15, -0.1) is 0 Å². The Morgan fingerprint density at radius 2 is 1.96 bits per heavy atom. The predicted molar refractivity (Wildman–Crippen MR) is 92.0 cm³/mol. The smallest absolute Gasteiger partial charge is 0.130 e. The maximum atomic E-state index is 4.53. The fourth-order valence-corrected chi connectivity index (χ4v) is 3.00. The van der Waals surface area contributed by atoms with Crippen molar-refractivity contribution in [3.8, 4) is 5.69 Å². The summed E-state index contributed by atoms with van der Waals surface area (Å²) in [5.74, 6) is 1.01. The topological polar surface area (TPSA) is 46.0 Å². The lowest BCUT2D eigenvalue weighted by Crippen LogP contribution is -2.26. The number of benzene rings is 1. The Morgan fingerprint density at radius 1 is 1.04 bits per heavy atom. The van der Waals surface area contributed by atoms with Crippen LogP contribution in [0, 0.1) is 0 Å². The fraction of sp³-hybridized carbons (Fsp3) is 0.222. The maximum Gasteiger partial charge on any atom is 0.130 e. The van der Waals surface area contributed by atoms with E-state index in [2.05, 4.69) is 50.6 Å². The van der Waals surface area contributed by atoms with Crippen LogP contribution in [0.5, 0.6) is 0 Å². The first-order valence-electron chi connectivity index (χ1n) is 7.91. The summed E-state index contributed by atoms with van der Waals surface area (Å²) in [6.45, 7) is 1.98. The van der Waals surface area contributed by atoms with E-state index in [0.29, 0.717) is 6.04 Å². The average molecular weight is 305 g/mol. The predicted octanol–water partition coefficient (Wildman–Crippen LogP) is 2.96. The molecule has 0 radical (unpaired) electrons. The molecule has 2 aromatic heterocycles. The molecule has 0 bridgehead atoms. The molecule has 1 saturated heterocycles. The molecule has 3 aromatic rings. The van der Waals surface area contributed by atoms with Gasteiger partial charge in [0.2, 0.25) is 0 Å². The fourth-order valence-electron chi connectivity index (χ4n) is 3.00. The molecule has 1 aromatic carbocycles. The second-order valence-electron chi connectivity index (χ2n) is 5.76. The summed E-state index contributed by atoms with van der Waals surface area (Å²) in [5, 5.41) is 7.88. The third-order valence-corrected chi connectivity index (χ3v) is 4.15. The van der Waals surface area contributed by atoms with Gasteiger partial charge in [0.25, 0.3) is 0 Å². The Hall–Kier alpha value is -2.82. The lowest BCUT2D eigenvalue weighted by molar-refractivity contribution is 0.805. The quantitative estimate of drug-likeness (QED) is 0.805. The summed E-state index contributed by atoms with van der Waals surface area (Å²) < 4.78 is 1.86. The molecular formula is C18H19N5. The van der Waals surface area contributed by atoms with E-state index in [1.165, 1.54) is 5.69 Å². The van der Waals surface area contributed by atoms with Crippen LogP contribution in [0.4, 0.5) is 11.5 Å². The van der Waals surface area contributed by atoms with Crippen molar-refractivity contribution in [2.24, 2.45) is 0 Å². The van der Waals surface area contributed by atoms with Crippen LogP contribution in [0.15, 0.2) is 67.1 Å². The number of nitrogens with one attached hydrogen (secondary N) is 1. The van der Waals surface area contributed by atoms with Crippen LogP contribution in [-0.2, 0) is 0 Å². The molecule has 5 nitrogen and oxygen atoms in total. The van der Waals surface area contributed by atoms with Gasteiger partial charge in [0, 0.05) is 49.5 Å². The number of hydrogen-bond donors (Lipinski definition) is 1. The number of rotatable bonds is 4. The van der Waals surface area contributed by atoms with Crippen molar-refractivity contribution in [2.45, 2.75) is 12.5 Å². The second kappa shape index (κ2) is 6.12. The average Bonchev–Trinajstić information content (AvgIpc) is 3.28. The van der Waals surface area contributed by atoms with Crippen molar-refractivity contribution in [1.29, 1.82) is 0 Å². The normalized spacial score (nSPS) is 17.4. The van der Waals surface area contributed by atoms with Crippen molar-refractivity contribution < 1.29 is 0 Å². The van der Waals surface area contributed by atoms with Gasteiger partial charge in [-0.3, -0.25) is 0 Å². The van der Waals surface area contributed by atoms with Crippen LogP contribution in [-0.4, -0.2) is 33.9 Å². The van der Waals surface area contributed by atoms with Gasteiger partial charge < -0.3 is 10.2 Å². The second-order valence-corrected chi connectivity index (χ2v) is 5.76. The van der Waals surface area contributed by atoms with E-state index in [9.17, 15) is 0 Å². The van der Waals surface area contributed by atoms with Gasteiger partial charge in [0.05, 0.1) is 5.69 Å². The van der Waals surface area contributed by atoms with Gasteiger partial charge in [-0.05, 0) is 30.7 Å². The van der Waals surface area contributed by atoms with Crippen LogP contribution in [0.25, 0.3) is 5.69 Å². The molecule has 0 unspecified atom stereocenters. The molecule has 5 heteroatoms. The molecule has 1 aliphatic heterocycles. The molecule has 1 atom stereocenters. The Kier molecular flexibility index (Phi) is 3.68. The van der Waals surface area contributed by atoms with Crippen LogP contribution < -0.4 is 10.2 Å². The van der Waals surface area contributed by atoms with Crippen LogP contribution >= 0.6 is 0 Å². The zero-order chi connectivity index (χ0) is 15.5. The molecule has 4 rings (SSSR count). The minimum atomic E-state index is 0.451. The number of hydrogen-bond acceptors (Lipinski definition) is 4. The van der Waals surface area contributed by atoms with E-state index in [1.807, 2.05) is 35.3 Å². The number of anilines is 2. The maximum absolute atomic E-state index is 4.53. The third-order valence-electron chi connectivity index (χ3n) is 4.15. The van der Waals surface area contributed by atoms with Gasteiger partial charge in [0.15, 0.2) is 0 Å². The van der Waals surface area contributed by atoms with Gasteiger partial charge >= 0.3 is 0 Å². The molecule has 3 heterocycles. The SMILES string of the molecule is c1ccc(N[C@H]2CCN(c3cc(-n4cccn4)ccn3)C2)cc1. The molecule has 0 spiro atoms. The standard InChI is InChI=1S/C18H19N5/c1-2-5-15(6-3-1)21-16-8-12-22(14-16)18-13-17(7-10-19-18)23-11-4-9-20-23/h1-7,9-11,13,16,21H,8,12,14H2/t16-/m0/s1. The number of aromatic nitrogens is 3. The van der Waals surface area contributed by atoms with E-state index in [4.69, 9.17) is 0 Å². The van der Waals surface area contributed by atoms with E-state index in [-0.39, 0.29) is 0 Å². The minimum Gasteiger partial charge on any atom is -0.380 e. The first-order valence-corrected chi connectivity index (χ1v) is 7.91. The van der Waals surface area contributed by atoms with E-state index in [0.717, 1.165) is 31.0 Å². The highest BCUT2D eigenvalue weighted by Gasteiger charge is 2.23. The van der Waals surface area contributed by atoms with Crippen LogP contribution in [0.3, 0.4) is 0 Å². The lowest BCUT2D eigenvalue weighted by Gasteiger charge is -2.19. The Labute approximate surface area is 135 Å². The lowest BCUT2D eigenvalue weighted by atomic mass is 10.2. The van der Waals surface area contributed by atoms with Crippen molar-refractivity contribution in [2.75, 3.05) is 23.3 Å². The first kappa shape index (κ1) is 13.8. The zero-order valence-electron chi connectivity index (χ0n) is 12.8. The Balaban J connectivity index is 1.46. The summed E-state index contributed by atoms with van der Waals surface area (Å²) in [4.78, 5) is 6.86. The van der Waals surface area contributed by atoms with Crippen molar-refractivity contribution in [1.82, 2.24) is 14.8 Å². The Morgan fingerprint density at radius 3 is 2.78 bits per heavy atom. The van der Waals surface area contributed by atoms with Gasteiger partial charge in [0.1, 0.15) is 5.82 Å². The number of para-hydroxylation sites is 1. The largest absolute Gasteiger partial charge is 0.380 e. The first-order chi connectivity index (χ1) is 11.4. The van der Waals surface area contributed by atoms with Crippen molar-refractivity contribution in [3.63, 3.8) is 0 Å².